The minimum absolute atomic E-state index is 0.120. The molecule has 3 nitrogen and oxygen atoms in total. The van der Waals surface area contributed by atoms with E-state index in [-0.39, 0.29) is 23.2 Å². The Balaban J connectivity index is 1.95. The summed E-state index contributed by atoms with van der Waals surface area (Å²) in [6, 6.07) is 11.7. The fraction of sp³-hybridized carbons (Fsp3) is 0.536. The highest BCUT2D eigenvalue weighted by Gasteiger charge is 2.20. The maximum atomic E-state index is 12.9. The number of rotatable bonds is 15. The number of benzene rings is 2. The van der Waals surface area contributed by atoms with Gasteiger partial charge >= 0.3 is 0 Å². The largest absolute Gasteiger partial charge is 0.508 e. The molecule has 2 aromatic carbocycles. The van der Waals surface area contributed by atoms with Crippen LogP contribution >= 0.6 is 0 Å². The molecule has 3 heteroatoms. The zero-order valence-corrected chi connectivity index (χ0v) is 19.4. The van der Waals surface area contributed by atoms with Crippen molar-refractivity contribution in [2.45, 2.75) is 96.8 Å². The van der Waals surface area contributed by atoms with Gasteiger partial charge in [0.15, 0.2) is 5.78 Å². The molecule has 0 aliphatic rings. The van der Waals surface area contributed by atoms with Crippen molar-refractivity contribution in [3.05, 3.63) is 59.2 Å². The minimum Gasteiger partial charge on any atom is -0.508 e. The molecule has 0 fully saturated rings. The summed E-state index contributed by atoms with van der Waals surface area (Å²) >= 11 is 0. The summed E-state index contributed by atoms with van der Waals surface area (Å²) in [7, 11) is 0. The van der Waals surface area contributed by atoms with Gasteiger partial charge in [-0.25, -0.2) is 0 Å². The highest BCUT2D eigenvalue weighted by atomic mass is 16.3. The van der Waals surface area contributed by atoms with Crippen molar-refractivity contribution in [1.29, 1.82) is 0 Å². The number of hydrogen-bond donors (Lipinski definition) is 2. The smallest absolute Gasteiger partial charge is 0.196 e. The number of phenols is 2. The van der Waals surface area contributed by atoms with Crippen LogP contribution in [-0.2, 0) is 0 Å². The summed E-state index contributed by atoms with van der Waals surface area (Å²) < 4.78 is 0. The summed E-state index contributed by atoms with van der Waals surface area (Å²) in [6.07, 6.45) is 14.9. The van der Waals surface area contributed by atoms with Crippen LogP contribution in [-0.4, -0.2) is 16.0 Å². The Morgan fingerprint density at radius 1 is 0.742 bits per heavy atom. The Morgan fingerprint density at radius 2 is 1.35 bits per heavy atom. The fourth-order valence-corrected chi connectivity index (χ4v) is 4.35. The van der Waals surface area contributed by atoms with Crippen molar-refractivity contribution in [2.24, 2.45) is 0 Å². The maximum Gasteiger partial charge on any atom is 0.196 e. The number of hydrogen-bond acceptors (Lipinski definition) is 3. The van der Waals surface area contributed by atoms with Crippen molar-refractivity contribution in [3.8, 4) is 11.5 Å². The Labute approximate surface area is 188 Å². The quantitative estimate of drug-likeness (QED) is 0.224. The van der Waals surface area contributed by atoms with Crippen LogP contribution in [0.1, 0.15) is 118 Å². The van der Waals surface area contributed by atoms with Crippen LogP contribution in [0, 0.1) is 0 Å². The zero-order valence-electron chi connectivity index (χ0n) is 19.4. The fourth-order valence-electron chi connectivity index (χ4n) is 4.35. The van der Waals surface area contributed by atoms with Crippen LogP contribution in [0.25, 0.3) is 0 Å². The predicted octanol–water partition coefficient (Wildman–Crippen LogP) is 8.13. The first-order valence-electron chi connectivity index (χ1n) is 12.2. The van der Waals surface area contributed by atoms with Gasteiger partial charge < -0.3 is 10.2 Å². The molecule has 0 aliphatic carbocycles. The van der Waals surface area contributed by atoms with E-state index in [1.807, 2.05) is 12.1 Å². The molecule has 0 aromatic heterocycles. The molecule has 31 heavy (non-hydrogen) atoms. The molecule has 0 amide bonds. The number of unbranched alkanes of at least 4 members (excludes halogenated alkanes) is 8. The first-order valence-corrected chi connectivity index (χ1v) is 12.2. The number of aromatic hydroxyl groups is 2. The molecule has 0 saturated carbocycles. The standard InChI is InChI=1S/C28H40O3/c1-3-5-6-7-8-9-10-11-12-15-22(14-4-2)25-16-13-17-26(28(25)31)27(30)23-18-20-24(29)21-19-23/h13,16-22,29,31H,3-12,14-15H2,1-2H3. The second kappa shape index (κ2) is 13.9. The van der Waals surface area contributed by atoms with E-state index in [9.17, 15) is 15.0 Å². The van der Waals surface area contributed by atoms with Gasteiger partial charge in [0.05, 0.1) is 5.56 Å². The average Bonchev–Trinajstić information content (AvgIpc) is 2.77. The lowest BCUT2D eigenvalue weighted by Gasteiger charge is -2.19. The zero-order chi connectivity index (χ0) is 22.5. The topological polar surface area (TPSA) is 57.5 Å². The van der Waals surface area contributed by atoms with E-state index in [2.05, 4.69) is 13.8 Å². The average molecular weight is 425 g/mol. The lowest BCUT2D eigenvalue weighted by molar-refractivity contribution is 0.103. The van der Waals surface area contributed by atoms with Crippen LogP contribution in [0.3, 0.4) is 0 Å². The number of ketones is 1. The van der Waals surface area contributed by atoms with Gasteiger partial charge in [-0.3, -0.25) is 4.79 Å². The molecule has 2 aromatic rings. The van der Waals surface area contributed by atoms with Crippen molar-refractivity contribution < 1.29 is 15.0 Å². The Bertz CT molecular complexity index is 779. The van der Waals surface area contributed by atoms with Crippen LogP contribution in [0.4, 0.5) is 0 Å². The first kappa shape index (κ1) is 25.0. The summed E-state index contributed by atoms with van der Waals surface area (Å²) in [5.74, 6) is 0.313. The van der Waals surface area contributed by atoms with E-state index in [4.69, 9.17) is 0 Å². The van der Waals surface area contributed by atoms with Gasteiger partial charge in [0.2, 0.25) is 0 Å². The Morgan fingerprint density at radius 3 is 1.97 bits per heavy atom. The van der Waals surface area contributed by atoms with Crippen molar-refractivity contribution in [3.63, 3.8) is 0 Å². The minimum atomic E-state index is -0.210. The van der Waals surface area contributed by atoms with Crippen molar-refractivity contribution in [1.82, 2.24) is 0 Å². The number of carbonyl (C=O) groups is 1. The molecule has 0 bridgehead atoms. The third-order valence-electron chi connectivity index (χ3n) is 6.17. The summed E-state index contributed by atoms with van der Waals surface area (Å²) in [6.45, 7) is 4.43. The second-order valence-electron chi connectivity index (χ2n) is 8.72. The second-order valence-corrected chi connectivity index (χ2v) is 8.72. The molecular formula is C28H40O3. The highest BCUT2D eigenvalue weighted by molar-refractivity contribution is 6.10. The molecular weight excluding hydrogens is 384 g/mol. The van der Waals surface area contributed by atoms with Gasteiger partial charge in [-0.1, -0.05) is 90.2 Å². The third kappa shape index (κ3) is 8.05. The van der Waals surface area contributed by atoms with E-state index in [1.165, 1.54) is 63.5 Å². The van der Waals surface area contributed by atoms with Gasteiger partial charge in [-0.15, -0.1) is 0 Å². The predicted molar refractivity (Wildman–Crippen MR) is 129 cm³/mol. The highest BCUT2D eigenvalue weighted by Crippen LogP contribution is 2.36. The summed E-state index contributed by atoms with van der Waals surface area (Å²) in [4.78, 5) is 12.9. The molecule has 0 heterocycles. The van der Waals surface area contributed by atoms with Crippen molar-refractivity contribution in [2.75, 3.05) is 0 Å². The molecule has 2 N–H and O–H groups in total. The molecule has 170 valence electrons. The van der Waals surface area contributed by atoms with E-state index in [1.54, 1.807) is 18.2 Å². The molecule has 1 unspecified atom stereocenters. The molecule has 0 radical (unpaired) electrons. The third-order valence-corrected chi connectivity index (χ3v) is 6.17. The Kier molecular flexibility index (Phi) is 11.2. The van der Waals surface area contributed by atoms with Crippen LogP contribution in [0.15, 0.2) is 42.5 Å². The molecule has 1 atom stereocenters. The van der Waals surface area contributed by atoms with Gasteiger partial charge in [-0.2, -0.15) is 0 Å². The van der Waals surface area contributed by atoms with E-state index in [0.29, 0.717) is 11.1 Å². The van der Waals surface area contributed by atoms with Gasteiger partial charge in [0.25, 0.3) is 0 Å². The molecule has 0 aliphatic heterocycles. The molecule has 2 rings (SSSR count). The maximum absolute atomic E-state index is 12.9. The Hall–Kier alpha value is -2.29. The molecule has 0 saturated heterocycles. The van der Waals surface area contributed by atoms with E-state index >= 15 is 0 Å². The normalized spacial score (nSPS) is 12.1. The van der Waals surface area contributed by atoms with E-state index in [0.717, 1.165) is 31.2 Å². The number of phenolic OH excluding ortho intramolecular Hbond substituents is 2. The first-order chi connectivity index (χ1) is 15.1. The number of para-hydroxylation sites is 1. The van der Waals surface area contributed by atoms with Crippen LogP contribution in [0.2, 0.25) is 0 Å². The SMILES string of the molecule is CCCCCCCCCCCC(CCC)c1cccc(C(=O)c2ccc(O)cc2)c1O. The summed E-state index contributed by atoms with van der Waals surface area (Å²) in [5, 5.41) is 20.4. The lowest BCUT2D eigenvalue weighted by atomic mass is 9.86. The monoisotopic (exact) mass is 424 g/mol. The number of carbonyl (C=O) groups excluding carboxylic acids is 1. The van der Waals surface area contributed by atoms with Crippen molar-refractivity contribution >= 4 is 5.78 Å². The van der Waals surface area contributed by atoms with E-state index < -0.39 is 0 Å². The van der Waals surface area contributed by atoms with Gasteiger partial charge in [0, 0.05) is 5.56 Å². The van der Waals surface area contributed by atoms with Gasteiger partial charge in [-0.05, 0) is 54.7 Å². The lowest BCUT2D eigenvalue weighted by Crippen LogP contribution is -2.06. The van der Waals surface area contributed by atoms with Crippen LogP contribution < -0.4 is 0 Å². The molecule has 0 spiro atoms. The van der Waals surface area contributed by atoms with Gasteiger partial charge in [0.1, 0.15) is 11.5 Å². The van der Waals surface area contributed by atoms with Crippen LogP contribution in [0.5, 0.6) is 11.5 Å². The summed E-state index contributed by atoms with van der Waals surface area (Å²) in [5.41, 5.74) is 1.71.